The predicted octanol–water partition coefficient (Wildman–Crippen LogP) is 2.02. The number of rotatable bonds is 3. The molecule has 0 radical (unpaired) electrons. The minimum absolute atomic E-state index is 0.676. The Labute approximate surface area is 84.8 Å². The highest BCUT2D eigenvalue weighted by molar-refractivity contribution is 5.50. The predicted molar refractivity (Wildman–Crippen MR) is 57.9 cm³/mol. The first-order valence-electron chi connectivity index (χ1n) is 4.42. The molecular weight excluding hydrogens is 172 g/mol. The highest BCUT2D eigenvalue weighted by Gasteiger charge is 1.99. The fourth-order valence-corrected chi connectivity index (χ4v) is 1.17. The van der Waals surface area contributed by atoms with Crippen LogP contribution in [0.25, 0.3) is 0 Å². The lowest BCUT2D eigenvalue weighted by Gasteiger charge is -2.17. The van der Waals surface area contributed by atoms with E-state index in [4.69, 9.17) is 11.7 Å². The summed E-state index contributed by atoms with van der Waals surface area (Å²) in [4.78, 5) is 2.04. The van der Waals surface area contributed by atoms with Gasteiger partial charge in [-0.1, -0.05) is 6.07 Å². The van der Waals surface area contributed by atoms with E-state index in [-0.39, 0.29) is 0 Å². The zero-order valence-corrected chi connectivity index (χ0v) is 8.20. The van der Waals surface area contributed by atoms with Crippen LogP contribution in [0.1, 0.15) is 12.0 Å². The Morgan fingerprint density at radius 2 is 2.29 bits per heavy atom. The summed E-state index contributed by atoms with van der Waals surface area (Å²) in [6.45, 7) is 0.811. The molecule has 0 aromatic heterocycles. The smallest absolute Gasteiger partial charge is 0.0992 e. The SMILES string of the molecule is C#CCCN(C)c1cccc(C#N)c1. The molecule has 0 aliphatic heterocycles. The molecule has 1 aromatic carbocycles. The summed E-state index contributed by atoms with van der Waals surface area (Å²) < 4.78 is 0. The largest absolute Gasteiger partial charge is 0.374 e. The van der Waals surface area contributed by atoms with Crippen molar-refractivity contribution >= 4 is 5.69 Å². The van der Waals surface area contributed by atoms with Gasteiger partial charge in [0.25, 0.3) is 0 Å². The molecule has 0 heterocycles. The molecule has 0 amide bonds. The van der Waals surface area contributed by atoms with Gasteiger partial charge in [-0.05, 0) is 18.2 Å². The van der Waals surface area contributed by atoms with Gasteiger partial charge in [0, 0.05) is 25.7 Å². The summed E-state index contributed by atoms with van der Waals surface area (Å²) in [6, 6.07) is 9.60. The molecule has 14 heavy (non-hydrogen) atoms. The van der Waals surface area contributed by atoms with Crippen LogP contribution in [0.3, 0.4) is 0 Å². The van der Waals surface area contributed by atoms with Gasteiger partial charge in [-0.25, -0.2) is 0 Å². The molecule has 70 valence electrons. The lowest BCUT2D eigenvalue weighted by atomic mass is 10.2. The number of hydrogen-bond acceptors (Lipinski definition) is 2. The topological polar surface area (TPSA) is 27.0 Å². The fourth-order valence-electron chi connectivity index (χ4n) is 1.17. The second-order valence-electron chi connectivity index (χ2n) is 3.04. The third-order valence-electron chi connectivity index (χ3n) is 2.01. The molecule has 1 aromatic rings. The molecule has 0 aliphatic rings. The van der Waals surface area contributed by atoms with Crippen LogP contribution < -0.4 is 4.90 Å². The average molecular weight is 184 g/mol. The quantitative estimate of drug-likeness (QED) is 0.672. The number of benzene rings is 1. The minimum Gasteiger partial charge on any atom is -0.374 e. The van der Waals surface area contributed by atoms with Crippen LogP contribution in [0.5, 0.6) is 0 Å². The highest BCUT2D eigenvalue weighted by Crippen LogP contribution is 2.14. The monoisotopic (exact) mass is 184 g/mol. The van der Waals surface area contributed by atoms with Gasteiger partial charge >= 0.3 is 0 Å². The van der Waals surface area contributed by atoms with E-state index in [1.165, 1.54) is 0 Å². The van der Waals surface area contributed by atoms with Gasteiger partial charge in [0.2, 0.25) is 0 Å². The van der Waals surface area contributed by atoms with E-state index in [1.54, 1.807) is 6.07 Å². The van der Waals surface area contributed by atoms with E-state index in [2.05, 4.69) is 12.0 Å². The summed E-state index contributed by atoms with van der Waals surface area (Å²) in [5.41, 5.74) is 1.70. The Morgan fingerprint density at radius 3 is 2.93 bits per heavy atom. The maximum atomic E-state index is 8.72. The Hall–Kier alpha value is -1.93. The fraction of sp³-hybridized carbons (Fsp3) is 0.250. The molecule has 0 saturated heterocycles. The third kappa shape index (κ3) is 2.54. The zero-order valence-electron chi connectivity index (χ0n) is 8.20. The van der Waals surface area contributed by atoms with Crippen LogP contribution >= 0.6 is 0 Å². The second kappa shape index (κ2) is 4.94. The Morgan fingerprint density at radius 1 is 1.50 bits per heavy atom. The van der Waals surface area contributed by atoms with E-state index in [1.807, 2.05) is 30.1 Å². The van der Waals surface area contributed by atoms with Crippen LogP contribution in [0, 0.1) is 23.7 Å². The van der Waals surface area contributed by atoms with Gasteiger partial charge in [-0.2, -0.15) is 5.26 Å². The number of nitrogens with zero attached hydrogens (tertiary/aromatic N) is 2. The van der Waals surface area contributed by atoms with Crippen molar-refractivity contribution in [3.8, 4) is 18.4 Å². The van der Waals surface area contributed by atoms with Gasteiger partial charge in [-0.15, -0.1) is 12.3 Å². The normalized spacial score (nSPS) is 8.79. The van der Waals surface area contributed by atoms with E-state index in [0.29, 0.717) is 12.0 Å². The summed E-state index contributed by atoms with van der Waals surface area (Å²) >= 11 is 0. The van der Waals surface area contributed by atoms with E-state index in [0.717, 1.165) is 12.2 Å². The molecule has 0 spiro atoms. The molecule has 0 unspecified atom stereocenters. The molecule has 0 N–H and O–H groups in total. The Kier molecular flexibility index (Phi) is 3.58. The molecule has 0 aliphatic carbocycles. The van der Waals surface area contributed by atoms with Gasteiger partial charge in [0.1, 0.15) is 0 Å². The van der Waals surface area contributed by atoms with Crippen molar-refractivity contribution in [3.63, 3.8) is 0 Å². The average Bonchev–Trinajstić information content (AvgIpc) is 2.26. The maximum absolute atomic E-state index is 8.72. The first-order chi connectivity index (χ1) is 6.77. The Balaban J connectivity index is 2.76. The molecule has 2 heteroatoms. The Bertz CT molecular complexity index is 382. The molecule has 1 rings (SSSR count). The zero-order chi connectivity index (χ0) is 10.4. The first kappa shape index (κ1) is 10.2. The second-order valence-corrected chi connectivity index (χ2v) is 3.04. The number of hydrogen-bond donors (Lipinski definition) is 0. The molecule has 0 bridgehead atoms. The number of nitriles is 1. The van der Waals surface area contributed by atoms with Crippen molar-refractivity contribution in [2.24, 2.45) is 0 Å². The minimum atomic E-state index is 0.676. The van der Waals surface area contributed by atoms with Crippen molar-refractivity contribution in [3.05, 3.63) is 29.8 Å². The summed E-state index contributed by atoms with van der Waals surface area (Å²) in [6.07, 6.45) is 5.90. The lowest BCUT2D eigenvalue weighted by molar-refractivity contribution is 0.913. The number of anilines is 1. The van der Waals surface area contributed by atoms with E-state index in [9.17, 15) is 0 Å². The van der Waals surface area contributed by atoms with Crippen LogP contribution in [0.2, 0.25) is 0 Å². The summed E-state index contributed by atoms with van der Waals surface area (Å²) in [7, 11) is 1.97. The molecule has 0 saturated carbocycles. The lowest BCUT2D eigenvalue weighted by Crippen LogP contribution is -2.17. The van der Waals surface area contributed by atoms with Gasteiger partial charge in [0.05, 0.1) is 11.6 Å². The van der Waals surface area contributed by atoms with Gasteiger partial charge < -0.3 is 4.90 Å². The van der Waals surface area contributed by atoms with E-state index >= 15 is 0 Å². The van der Waals surface area contributed by atoms with E-state index < -0.39 is 0 Å². The van der Waals surface area contributed by atoms with Crippen LogP contribution in [-0.4, -0.2) is 13.6 Å². The molecule has 0 atom stereocenters. The van der Waals surface area contributed by atoms with Crippen molar-refractivity contribution in [2.75, 3.05) is 18.5 Å². The van der Waals surface area contributed by atoms with Crippen LogP contribution in [0.4, 0.5) is 5.69 Å². The molecule has 0 fully saturated rings. The van der Waals surface area contributed by atoms with Crippen molar-refractivity contribution in [2.45, 2.75) is 6.42 Å². The molecule has 2 nitrogen and oxygen atoms in total. The summed E-state index contributed by atoms with van der Waals surface area (Å²) in [5, 5.41) is 8.72. The highest BCUT2D eigenvalue weighted by atomic mass is 15.1. The van der Waals surface area contributed by atoms with Gasteiger partial charge in [0.15, 0.2) is 0 Å². The van der Waals surface area contributed by atoms with Crippen molar-refractivity contribution < 1.29 is 0 Å². The molecular formula is C12H12N2. The standard InChI is InChI=1S/C12H12N2/c1-3-4-8-14(2)12-7-5-6-11(9-12)10-13/h1,5-7,9H,4,8H2,2H3. The third-order valence-corrected chi connectivity index (χ3v) is 2.01. The first-order valence-corrected chi connectivity index (χ1v) is 4.42. The summed E-state index contributed by atoms with van der Waals surface area (Å²) in [5.74, 6) is 2.59. The van der Waals surface area contributed by atoms with Crippen molar-refractivity contribution in [1.82, 2.24) is 0 Å². The van der Waals surface area contributed by atoms with Crippen LogP contribution in [0.15, 0.2) is 24.3 Å². The van der Waals surface area contributed by atoms with Crippen LogP contribution in [-0.2, 0) is 0 Å². The van der Waals surface area contributed by atoms with Crippen molar-refractivity contribution in [1.29, 1.82) is 5.26 Å². The maximum Gasteiger partial charge on any atom is 0.0992 e. The van der Waals surface area contributed by atoms with Gasteiger partial charge in [-0.3, -0.25) is 0 Å². The number of terminal acetylenes is 1.